The van der Waals surface area contributed by atoms with Crippen molar-refractivity contribution in [1.82, 2.24) is 0 Å². The van der Waals surface area contributed by atoms with Crippen LogP contribution >= 0.6 is 23.2 Å². The van der Waals surface area contributed by atoms with E-state index in [1.54, 1.807) is 6.07 Å². The maximum atomic E-state index is 13.0. The first-order valence-corrected chi connectivity index (χ1v) is 9.06. The molecule has 0 aromatic heterocycles. The molecule has 0 spiro atoms. The summed E-state index contributed by atoms with van der Waals surface area (Å²) in [7, 11) is 0. The van der Waals surface area contributed by atoms with Gasteiger partial charge in [0.15, 0.2) is 6.61 Å². The van der Waals surface area contributed by atoms with Crippen LogP contribution in [0.25, 0.3) is 0 Å². The van der Waals surface area contributed by atoms with Crippen LogP contribution in [0.4, 0.5) is 15.8 Å². The summed E-state index contributed by atoms with van der Waals surface area (Å²) in [6.07, 6.45) is -0.0408. The van der Waals surface area contributed by atoms with Crippen LogP contribution in [-0.4, -0.2) is 30.9 Å². The second-order valence-corrected chi connectivity index (χ2v) is 7.01. The summed E-state index contributed by atoms with van der Waals surface area (Å²) in [5.41, 5.74) is 0.836. The highest BCUT2D eigenvalue weighted by atomic mass is 35.5. The lowest BCUT2D eigenvalue weighted by Crippen LogP contribution is -2.28. The Labute approximate surface area is 170 Å². The maximum absolute atomic E-state index is 13.0. The van der Waals surface area contributed by atoms with Crippen molar-refractivity contribution in [2.45, 2.75) is 6.42 Å². The number of nitrogens with one attached hydrogen (secondary N) is 1. The molecule has 1 saturated heterocycles. The lowest BCUT2D eigenvalue weighted by Gasteiger charge is -2.16. The number of halogens is 3. The zero-order valence-electron chi connectivity index (χ0n) is 14.5. The molecular formula is C19H15Cl2FN2O4. The third kappa shape index (κ3) is 4.79. The molecule has 1 heterocycles. The summed E-state index contributed by atoms with van der Waals surface area (Å²) in [4.78, 5) is 37.7. The summed E-state index contributed by atoms with van der Waals surface area (Å²) < 4.78 is 18.0. The Hall–Kier alpha value is -2.64. The monoisotopic (exact) mass is 424 g/mol. The summed E-state index contributed by atoms with van der Waals surface area (Å²) >= 11 is 11.8. The molecule has 0 aliphatic carbocycles. The van der Waals surface area contributed by atoms with Gasteiger partial charge in [-0.05, 0) is 42.5 Å². The Kier molecular flexibility index (Phi) is 6.16. The van der Waals surface area contributed by atoms with Crippen LogP contribution in [-0.2, 0) is 19.1 Å². The van der Waals surface area contributed by atoms with Crippen LogP contribution in [0.15, 0.2) is 42.5 Å². The molecule has 28 heavy (non-hydrogen) atoms. The van der Waals surface area contributed by atoms with Crippen LogP contribution in [0, 0.1) is 11.7 Å². The maximum Gasteiger partial charge on any atom is 0.311 e. The molecule has 0 radical (unpaired) electrons. The number of carbonyl (C=O) groups is 3. The molecule has 1 atom stereocenters. The highest BCUT2D eigenvalue weighted by molar-refractivity contribution is 6.36. The lowest BCUT2D eigenvalue weighted by atomic mass is 10.1. The van der Waals surface area contributed by atoms with E-state index in [1.165, 1.54) is 41.3 Å². The van der Waals surface area contributed by atoms with Crippen molar-refractivity contribution in [1.29, 1.82) is 0 Å². The third-order valence-electron chi connectivity index (χ3n) is 4.15. The normalized spacial score (nSPS) is 16.2. The summed E-state index contributed by atoms with van der Waals surface area (Å²) in [5.74, 6) is -2.62. The van der Waals surface area contributed by atoms with Crippen LogP contribution in [0.3, 0.4) is 0 Å². The van der Waals surface area contributed by atoms with Gasteiger partial charge in [-0.2, -0.15) is 0 Å². The summed E-state index contributed by atoms with van der Waals surface area (Å²) in [5, 5.41) is 3.19. The van der Waals surface area contributed by atoms with Gasteiger partial charge in [-0.3, -0.25) is 14.4 Å². The summed E-state index contributed by atoms with van der Waals surface area (Å²) in [6.45, 7) is -0.410. The van der Waals surface area contributed by atoms with E-state index in [0.717, 1.165) is 0 Å². The Morgan fingerprint density at radius 2 is 1.89 bits per heavy atom. The van der Waals surface area contributed by atoms with Crippen molar-refractivity contribution in [3.8, 4) is 0 Å². The molecule has 1 aliphatic heterocycles. The van der Waals surface area contributed by atoms with E-state index < -0.39 is 30.2 Å². The van der Waals surface area contributed by atoms with Gasteiger partial charge in [0.1, 0.15) is 5.82 Å². The minimum atomic E-state index is -0.704. The van der Waals surface area contributed by atoms with Crippen molar-refractivity contribution in [2.24, 2.45) is 5.92 Å². The smallest absolute Gasteiger partial charge is 0.311 e. The van der Waals surface area contributed by atoms with Crippen LogP contribution in [0.1, 0.15) is 6.42 Å². The van der Waals surface area contributed by atoms with Gasteiger partial charge in [0.25, 0.3) is 5.91 Å². The van der Waals surface area contributed by atoms with Gasteiger partial charge in [-0.1, -0.05) is 23.2 Å². The number of carbonyl (C=O) groups excluding carboxylic acids is 3. The number of benzene rings is 2. The molecule has 0 saturated carbocycles. The van der Waals surface area contributed by atoms with Gasteiger partial charge in [0.05, 0.1) is 16.6 Å². The fourth-order valence-electron chi connectivity index (χ4n) is 2.77. The fourth-order valence-corrected chi connectivity index (χ4v) is 3.22. The van der Waals surface area contributed by atoms with Gasteiger partial charge in [-0.25, -0.2) is 4.39 Å². The largest absolute Gasteiger partial charge is 0.455 e. The first-order valence-electron chi connectivity index (χ1n) is 8.31. The fraction of sp³-hybridized carbons (Fsp3) is 0.211. The predicted octanol–water partition coefficient (Wildman–Crippen LogP) is 3.67. The molecular weight excluding hydrogens is 410 g/mol. The number of amides is 2. The van der Waals surface area contributed by atoms with Gasteiger partial charge in [0.2, 0.25) is 5.91 Å². The highest BCUT2D eigenvalue weighted by Crippen LogP contribution is 2.27. The van der Waals surface area contributed by atoms with Gasteiger partial charge < -0.3 is 15.0 Å². The van der Waals surface area contributed by atoms with Gasteiger partial charge in [-0.15, -0.1) is 0 Å². The van der Waals surface area contributed by atoms with Crippen LogP contribution in [0.2, 0.25) is 10.0 Å². The zero-order chi connectivity index (χ0) is 20.3. The Morgan fingerprint density at radius 3 is 2.57 bits per heavy atom. The van der Waals surface area contributed by atoms with Crippen molar-refractivity contribution in [3.63, 3.8) is 0 Å². The number of ether oxygens (including phenoxy) is 1. The number of esters is 1. The molecule has 9 heteroatoms. The number of rotatable bonds is 5. The van der Waals surface area contributed by atoms with E-state index in [2.05, 4.69) is 5.32 Å². The number of hydrogen-bond acceptors (Lipinski definition) is 4. The highest BCUT2D eigenvalue weighted by Gasteiger charge is 2.36. The standard InChI is InChI=1S/C19H15Cl2FN2O4/c20-12-1-6-16(15(21)8-12)23-17(25)10-28-19(27)11-7-18(26)24(9-11)14-4-2-13(22)3-5-14/h1-6,8,11H,7,9-10H2,(H,23,25)/t11-/m1/s1. The second-order valence-electron chi connectivity index (χ2n) is 6.16. The van der Waals surface area contributed by atoms with Crippen molar-refractivity contribution in [3.05, 3.63) is 58.3 Å². The first kappa shape index (κ1) is 20.1. The molecule has 0 bridgehead atoms. The van der Waals surface area contributed by atoms with Crippen LogP contribution in [0.5, 0.6) is 0 Å². The molecule has 2 aromatic rings. The Bertz CT molecular complexity index is 921. The minimum Gasteiger partial charge on any atom is -0.455 e. The predicted molar refractivity (Wildman–Crippen MR) is 103 cm³/mol. The van der Waals surface area contributed by atoms with E-state index in [9.17, 15) is 18.8 Å². The van der Waals surface area contributed by atoms with E-state index in [-0.39, 0.29) is 23.9 Å². The molecule has 3 rings (SSSR count). The van der Waals surface area contributed by atoms with Crippen molar-refractivity contribution < 1.29 is 23.5 Å². The SMILES string of the molecule is O=C(COC(=O)[C@@H]1CC(=O)N(c2ccc(F)cc2)C1)Nc1ccc(Cl)cc1Cl. The average molecular weight is 425 g/mol. The van der Waals surface area contributed by atoms with Gasteiger partial charge >= 0.3 is 5.97 Å². The van der Waals surface area contributed by atoms with Crippen molar-refractivity contribution in [2.75, 3.05) is 23.4 Å². The molecule has 1 N–H and O–H groups in total. The first-order chi connectivity index (χ1) is 13.3. The lowest BCUT2D eigenvalue weighted by molar-refractivity contribution is -0.151. The Morgan fingerprint density at radius 1 is 1.18 bits per heavy atom. The van der Waals surface area contributed by atoms with Crippen LogP contribution < -0.4 is 10.2 Å². The molecule has 6 nitrogen and oxygen atoms in total. The zero-order valence-corrected chi connectivity index (χ0v) is 16.0. The molecule has 1 aliphatic rings. The molecule has 2 amide bonds. The molecule has 2 aromatic carbocycles. The molecule has 1 fully saturated rings. The molecule has 0 unspecified atom stereocenters. The second kappa shape index (κ2) is 8.58. The van der Waals surface area contributed by atoms with Crippen molar-refractivity contribution >= 4 is 52.4 Å². The van der Waals surface area contributed by atoms with E-state index in [0.29, 0.717) is 16.4 Å². The van der Waals surface area contributed by atoms with E-state index in [1.807, 2.05) is 0 Å². The number of hydrogen-bond donors (Lipinski definition) is 1. The van der Waals surface area contributed by atoms with E-state index >= 15 is 0 Å². The Balaban J connectivity index is 1.53. The third-order valence-corrected chi connectivity index (χ3v) is 4.70. The number of anilines is 2. The van der Waals surface area contributed by atoms with E-state index in [4.69, 9.17) is 27.9 Å². The number of nitrogens with zero attached hydrogens (tertiary/aromatic N) is 1. The topological polar surface area (TPSA) is 75.7 Å². The quantitative estimate of drug-likeness (QED) is 0.742. The molecule has 146 valence electrons. The van der Waals surface area contributed by atoms with Gasteiger partial charge in [0, 0.05) is 23.7 Å². The summed E-state index contributed by atoms with van der Waals surface area (Å²) in [6, 6.07) is 9.96. The minimum absolute atomic E-state index is 0.0408. The average Bonchev–Trinajstić information content (AvgIpc) is 3.04.